The number of nitrogens with two attached hydrogens (primary N) is 1. The molecule has 1 atom stereocenters. The largest absolute Gasteiger partial charge is 0.496 e. The Morgan fingerprint density at radius 3 is 2.65 bits per heavy atom. The lowest BCUT2D eigenvalue weighted by molar-refractivity contribution is 0.276. The molecule has 0 unspecified atom stereocenters. The number of nitrogen functional groups attached to an aromatic ring is 1. The molecular formula is C24H39N5O2. The molecule has 172 valence electrons. The molecule has 0 bridgehead atoms. The van der Waals surface area contributed by atoms with Crippen molar-refractivity contribution in [1.29, 1.82) is 0 Å². The average Bonchev–Trinajstić information content (AvgIpc) is 2.71. The number of ether oxygens (including phenoxy) is 1. The van der Waals surface area contributed by atoms with Crippen LogP contribution in [-0.2, 0) is 12.8 Å². The van der Waals surface area contributed by atoms with Crippen LogP contribution in [0.25, 0.3) is 0 Å². The molecular weight excluding hydrogens is 390 g/mol. The van der Waals surface area contributed by atoms with Crippen molar-refractivity contribution in [2.75, 3.05) is 45.4 Å². The summed E-state index contributed by atoms with van der Waals surface area (Å²) in [6.07, 6.45) is 5.42. The van der Waals surface area contributed by atoms with E-state index in [-0.39, 0.29) is 18.6 Å². The molecule has 0 aliphatic rings. The van der Waals surface area contributed by atoms with Gasteiger partial charge in [0, 0.05) is 30.3 Å². The van der Waals surface area contributed by atoms with E-state index in [0.29, 0.717) is 12.8 Å². The Balaban J connectivity index is 2.28. The van der Waals surface area contributed by atoms with Gasteiger partial charge in [0.15, 0.2) is 0 Å². The SMILES string of the molecule is CCC[C@@H](CCO)Nc1nc(N)nc(C)c1Cc1ccc(CCCN(C)C)cc1OC. The van der Waals surface area contributed by atoms with Crippen LogP contribution in [0.2, 0.25) is 0 Å². The van der Waals surface area contributed by atoms with E-state index in [0.717, 1.165) is 60.6 Å². The van der Waals surface area contributed by atoms with Gasteiger partial charge in [-0.05, 0) is 70.4 Å². The van der Waals surface area contributed by atoms with Crippen molar-refractivity contribution in [1.82, 2.24) is 14.9 Å². The summed E-state index contributed by atoms with van der Waals surface area (Å²) in [5.74, 6) is 1.88. The van der Waals surface area contributed by atoms with Crippen LogP contribution in [0.3, 0.4) is 0 Å². The maximum absolute atomic E-state index is 9.42. The quantitative estimate of drug-likeness (QED) is 0.449. The Morgan fingerprint density at radius 2 is 2.00 bits per heavy atom. The van der Waals surface area contributed by atoms with Crippen LogP contribution in [0, 0.1) is 6.92 Å². The van der Waals surface area contributed by atoms with Crippen molar-refractivity contribution < 1.29 is 9.84 Å². The Bertz CT molecular complexity index is 820. The topological polar surface area (TPSA) is 96.5 Å². The number of aliphatic hydroxyl groups is 1. The molecule has 7 heteroatoms. The predicted octanol–water partition coefficient (Wildman–Crippen LogP) is 3.42. The fraction of sp³-hybridized carbons (Fsp3) is 0.583. The van der Waals surface area contributed by atoms with E-state index in [1.54, 1.807) is 7.11 Å². The molecule has 0 fully saturated rings. The molecule has 0 aliphatic carbocycles. The van der Waals surface area contributed by atoms with Gasteiger partial charge in [-0.1, -0.05) is 25.5 Å². The summed E-state index contributed by atoms with van der Waals surface area (Å²) < 4.78 is 5.72. The van der Waals surface area contributed by atoms with Gasteiger partial charge in [-0.25, -0.2) is 4.98 Å². The van der Waals surface area contributed by atoms with Gasteiger partial charge in [0.2, 0.25) is 5.95 Å². The molecule has 0 amide bonds. The standard InChI is InChI=1S/C24H39N5O2/c1-6-8-20(12-14-30)27-23-21(17(2)26-24(25)28-23)16-19-11-10-18(15-22(19)31-5)9-7-13-29(3)4/h10-11,15,20,30H,6-9,12-14,16H2,1-5H3,(H3,25,26,27,28)/t20-/m0/s1. The summed E-state index contributed by atoms with van der Waals surface area (Å²) in [6.45, 7) is 5.29. The van der Waals surface area contributed by atoms with Gasteiger partial charge in [0.25, 0.3) is 0 Å². The van der Waals surface area contributed by atoms with Crippen molar-refractivity contribution in [2.45, 2.75) is 58.4 Å². The van der Waals surface area contributed by atoms with E-state index >= 15 is 0 Å². The van der Waals surface area contributed by atoms with E-state index in [2.05, 4.69) is 59.4 Å². The molecule has 1 aromatic carbocycles. The molecule has 0 radical (unpaired) electrons. The third kappa shape index (κ3) is 7.67. The fourth-order valence-corrected chi connectivity index (χ4v) is 3.82. The van der Waals surface area contributed by atoms with Gasteiger partial charge in [-0.2, -0.15) is 4.98 Å². The summed E-state index contributed by atoms with van der Waals surface area (Å²) in [4.78, 5) is 11.1. The number of methoxy groups -OCH3 is 1. The second kappa shape index (κ2) is 12.5. The van der Waals surface area contributed by atoms with E-state index in [9.17, 15) is 5.11 Å². The zero-order chi connectivity index (χ0) is 22.8. The number of anilines is 2. The number of nitrogens with zero attached hydrogens (tertiary/aromatic N) is 3. The zero-order valence-corrected chi connectivity index (χ0v) is 19.7. The first-order valence-corrected chi connectivity index (χ1v) is 11.2. The van der Waals surface area contributed by atoms with Gasteiger partial charge >= 0.3 is 0 Å². The van der Waals surface area contributed by atoms with Crippen molar-refractivity contribution in [3.05, 3.63) is 40.6 Å². The smallest absolute Gasteiger partial charge is 0.222 e. The summed E-state index contributed by atoms with van der Waals surface area (Å²) in [7, 11) is 5.91. The van der Waals surface area contributed by atoms with E-state index < -0.39 is 0 Å². The highest BCUT2D eigenvalue weighted by Crippen LogP contribution is 2.28. The zero-order valence-electron chi connectivity index (χ0n) is 19.7. The summed E-state index contributed by atoms with van der Waals surface area (Å²) in [6, 6.07) is 6.60. The maximum Gasteiger partial charge on any atom is 0.222 e. The van der Waals surface area contributed by atoms with Crippen LogP contribution in [0.1, 0.15) is 55.0 Å². The van der Waals surface area contributed by atoms with E-state index in [1.165, 1.54) is 5.56 Å². The van der Waals surface area contributed by atoms with Crippen molar-refractivity contribution in [3.8, 4) is 5.75 Å². The number of hydrogen-bond donors (Lipinski definition) is 3. The number of aromatic nitrogens is 2. The van der Waals surface area contributed by atoms with Gasteiger partial charge in [0.1, 0.15) is 11.6 Å². The molecule has 4 N–H and O–H groups in total. The number of nitrogens with one attached hydrogen (secondary N) is 1. The first-order valence-electron chi connectivity index (χ1n) is 11.2. The molecule has 7 nitrogen and oxygen atoms in total. The van der Waals surface area contributed by atoms with Crippen LogP contribution in [0.5, 0.6) is 5.75 Å². The summed E-state index contributed by atoms with van der Waals surface area (Å²) in [5, 5.41) is 12.9. The van der Waals surface area contributed by atoms with Gasteiger partial charge < -0.3 is 25.8 Å². The Kier molecular flexibility index (Phi) is 10.0. The highest BCUT2D eigenvalue weighted by atomic mass is 16.5. The average molecular weight is 430 g/mol. The fourth-order valence-electron chi connectivity index (χ4n) is 3.82. The summed E-state index contributed by atoms with van der Waals surface area (Å²) >= 11 is 0. The molecule has 0 aliphatic heterocycles. The number of rotatable bonds is 13. The minimum Gasteiger partial charge on any atom is -0.496 e. The lowest BCUT2D eigenvalue weighted by Gasteiger charge is -2.21. The van der Waals surface area contributed by atoms with Gasteiger partial charge in [-0.15, -0.1) is 0 Å². The lowest BCUT2D eigenvalue weighted by Crippen LogP contribution is -2.23. The van der Waals surface area contributed by atoms with Crippen LogP contribution < -0.4 is 15.8 Å². The number of benzene rings is 1. The Labute approximate surface area is 187 Å². The molecule has 1 aromatic heterocycles. The second-order valence-electron chi connectivity index (χ2n) is 8.37. The van der Waals surface area contributed by atoms with Crippen LogP contribution in [0.4, 0.5) is 11.8 Å². The first-order chi connectivity index (χ1) is 14.9. The van der Waals surface area contributed by atoms with E-state index in [4.69, 9.17) is 10.5 Å². The number of hydrogen-bond acceptors (Lipinski definition) is 7. The molecule has 31 heavy (non-hydrogen) atoms. The molecule has 0 saturated heterocycles. The lowest BCUT2D eigenvalue weighted by atomic mass is 9.99. The maximum atomic E-state index is 9.42. The monoisotopic (exact) mass is 429 g/mol. The molecule has 2 rings (SSSR count). The minimum atomic E-state index is 0.135. The van der Waals surface area contributed by atoms with Crippen LogP contribution >= 0.6 is 0 Å². The van der Waals surface area contributed by atoms with Crippen LogP contribution in [-0.4, -0.2) is 60.4 Å². The summed E-state index contributed by atoms with van der Waals surface area (Å²) in [5.41, 5.74) is 10.2. The van der Waals surface area contributed by atoms with E-state index in [1.807, 2.05) is 6.92 Å². The van der Waals surface area contributed by atoms with Crippen molar-refractivity contribution >= 4 is 11.8 Å². The normalized spacial score (nSPS) is 12.2. The molecule has 1 heterocycles. The molecule has 0 saturated carbocycles. The van der Waals surface area contributed by atoms with Gasteiger partial charge in [-0.3, -0.25) is 0 Å². The highest BCUT2D eigenvalue weighted by molar-refractivity contribution is 5.53. The highest BCUT2D eigenvalue weighted by Gasteiger charge is 2.17. The minimum absolute atomic E-state index is 0.135. The Hall–Kier alpha value is -2.38. The molecule has 2 aromatic rings. The second-order valence-corrected chi connectivity index (χ2v) is 8.37. The molecule has 0 spiro atoms. The Morgan fingerprint density at radius 1 is 1.23 bits per heavy atom. The third-order valence-corrected chi connectivity index (χ3v) is 5.48. The number of aliphatic hydroxyl groups excluding tert-OH is 1. The first kappa shape index (κ1) is 24.9. The predicted molar refractivity (Wildman–Crippen MR) is 128 cm³/mol. The van der Waals surface area contributed by atoms with Crippen molar-refractivity contribution in [3.63, 3.8) is 0 Å². The number of aryl methyl sites for hydroxylation is 2. The third-order valence-electron chi connectivity index (χ3n) is 5.48. The van der Waals surface area contributed by atoms with Crippen LogP contribution in [0.15, 0.2) is 18.2 Å². The van der Waals surface area contributed by atoms with Crippen molar-refractivity contribution in [2.24, 2.45) is 0 Å². The van der Waals surface area contributed by atoms with Gasteiger partial charge in [0.05, 0.1) is 7.11 Å².